The summed E-state index contributed by atoms with van der Waals surface area (Å²) < 4.78 is 21.8. The number of thiazole rings is 1. The molecule has 9 heteroatoms. The van der Waals surface area contributed by atoms with Gasteiger partial charge in [0.25, 0.3) is 0 Å². The Bertz CT molecular complexity index is 950. The van der Waals surface area contributed by atoms with Gasteiger partial charge in [0.05, 0.1) is 22.6 Å². The number of amides is 1. The molecule has 0 radical (unpaired) electrons. The number of aryl methyl sites for hydroxylation is 1. The molecule has 2 aromatic rings. The number of anilines is 1. The molecule has 1 aromatic heterocycles. The molecule has 7 nitrogen and oxygen atoms in total. The van der Waals surface area contributed by atoms with Crippen LogP contribution in [0.4, 0.5) is 5.13 Å². The number of ether oxygens (including phenoxy) is 1. The Hall–Kier alpha value is -1.81. The Morgan fingerprint density at radius 1 is 1.26 bits per heavy atom. The van der Waals surface area contributed by atoms with Gasteiger partial charge in [-0.3, -0.25) is 4.79 Å². The molecule has 1 aliphatic carbocycles. The second-order valence-electron chi connectivity index (χ2n) is 8.20. The summed E-state index contributed by atoms with van der Waals surface area (Å²) in [5, 5.41) is 6.95. The molecule has 2 atom stereocenters. The van der Waals surface area contributed by atoms with E-state index in [0.717, 1.165) is 67.7 Å². The van der Waals surface area contributed by atoms with E-state index in [9.17, 15) is 9.00 Å². The molecule has 3 N–H and O–H groups in total. The Morgan fingerprint density at radius 3 is 2.77 bits per heavy atom. The van der Waals surface area contributed by atoms with Gasteiger partial charge in [-0.1, -0.05) is 24.2 Å². The van der Waals surface area contributed by atoms with Gasteiger partial charge in [0.15, 0.2) is 5.13 Å². The van der Waals surface area contributed by atoms with Crippen LogP contribution in [0.2, 0.25) is 0 Å². The van der Waals surface area contributed by atoms with Crippen LogP contribution in [0.25, 0.3) is 10.4 Å². The van der Waals surface area contributed by atoms with Crippen LogP contribution in [-0.2, 0) is 15.8 Å². The van der Waals surface area contributed by atoms with E-state index in [4.69, 9.17) is 4.74 Å². The fourth-order valence-corrected chi connectivity index (χ4v) is 6.41. The number of carbonyl (C=O) groups excluding carboxylic acids is 1. The van der Waals surface area contributed by atoms with Crippen molar-refractivity contribution in [2.24, 2.45) is 5.92 Å². The van der Waals surface area contributed by atoms with E-state index in [1.54, 1.807) is 7.11 Å². The highest BCUT2D eigenvalue weighted by Gasteiger charge is 2.24. The average Bonchev–Trinajstić information content (AvgIpc) is 3.44. The Morgan fingerprint density at radius 2 is 2.06 bits per heavy atom. The third-order valence-electron chi connectivity index (χ3n) is 5.95. The highest BCUT2D eigenvalue weighted by molar-refractivity contribution is 7.83. The van der Waals surface area contributed by atoms with Gasteiger partial charge in [-0.15, -0.1) is 0 Å². The number of methoxy groups -OCH3 is 1. The van der Waals surface area contributed by atoms with Crippen LogP contribution in [0.15, 0.2) is 23.1 Å². The number of hydrogen-bond acceptors (Lipinski definition) is 6. The van der Waals surface area contributed by atoms with E-state index in [2.05, 4.69) is 20.3 Å². The van der Waals surface area contributed by atoms with Crippen LogP contribution in [-0.4, -0.2) is 41.3 Å². The van der Waals surface area contributed by atoms with E-state index in [1.807, 2.05) is 25.1 Å². The summed E-state index contributed by atoms with van der Waals surface area (Å²) in [5.41, 5.74) is 1.77. The molecule has 2 unspecified atom stereocenters. The lowest BCUT2D eigenvalue weighted by Crippen LogP contribution is -2.43. The topological polar surface area (TPSA) is 92.3 Å². The number of benzene rings is 1. The minimum atomic E-state index is -1.39. The SMILES string of the molecule is COc1ccc(-c2sc(NC(=O)C3CCCC3)nc2C)cc1S(=O)NC1CCCNC1. The first-order valence-corrected chi connectivity index (χ1v) is 12.9. The van der Waals surface area contributed by atoms with Crippen LogP contribution in [0.1, 0.15) is 44.2 Å². The highest BCUT2D eigenvalue weighted by Crippen LogP contribution is 2.36. The minimum absolute atomic E-state index is 0.0691. The van der Waals surface area contributed by atoms with Gasteiger partial charge in [-0.05, 0) is 62.9 Å². The molecule has 31 heavy (non-hydrogen) atoms. The first kappa shape index (κ1) is 22.4. The van der Waals surface area contributed by atoms with Gasteiger partial charge in [0, 0.05) is 18.5 Å². The largest absolute Gasteiger partial charge is 0.495 e. The summed E-state index contributed by atoms with van der Waals surface area (Å²) in [6, 6.07) is 5.87. The van der Waals surface area contributed by atoms with Crippen molar-refractivity contribution in [1.82, 2.24) is 15.0 Å². The van der Waals surface area contributed by atoms with Crippen LogP contribution < -0.4 is 20.1 Å². The Balaban J connectivity index is 1.53. The lowest BCUT2D eigenvalue weighted by molar-refractivity contribution is -0.119. The second-order valence-corrected chi connectivity index (χ2v) is 10.4. The van der Waals surface area contributed by atoms with Crippen molar-refractivity contribution in [2.45, 2.75) is 56.4 Å². The highest BCUT2D eigenvalue weighted by atomic mass is 32.2. The number of nitrogens with one attached hydrogen (secondary N) is 3. The van der Waals surface area contributed by atoms with Gasteiger partial charge in [0.2, 0.25) is 5.91 Å². The van der Waals surface area contributed by atoms with Gasteiger partial charge in [-0.25, -0.2) is 13.9 Å². The molecule has 168 valence electrons. The molecule has 0 spiro atoms. The Labute approximate surface area is 190 Å². The zero-order valence-electron chi connectivity index (χ0n) is 18.0. The summed E-state index contributed by atoms with van der Waals surface area (Å²) in [5.74, 6) is 0.762. The van der Waals surface area contributed by atoms with Crippen molar-refractivity contribution in [2.75, 3.05) is 25.5 Å². The molecular weight excluding hydrogens is 432 g/mol. The van der Waals surface area contributed by atoms with Crippen LogP contribution in [0.5, 0.6) is 5.75 Å². The normalized spacial score (nSPS) is 20.5. The van der Waals surface area contributed by atoms with Crippen molar-refractivity contribution in [1.29, 1.82) is 0 Å². The quantitative estimate of drug-likeness (QED) is 0.585. The van der Waals surface area contributed by atoms with Crippen LogP contribution in [0, 0.1) is 12.8 Å². The molecule has 4 rings (SSSR count). The molecule has 1 aromatic carbocycles. The third kappa shape index (κ3) is 5.34. The molecule has 1 saturated heterocycles. The molecule has 2 aliphatic rings. The van der Waals surface area contributed by atoms with Crippen molar-refractivity contribution in [3.63, 3.8) is 0 Å². The number of aromatic nitrogens is 1. The predicted molar refractivity (Wildman–Crippen MR) is 125 cm³/mol. The zero-order chi connectivity index (χ0) is 21.8. The monoisotopic (exact) mass is 462 g/mol. The average molecular weight is 463 g/mol. The van der Waals surface area contributed by atoms with Crippen molar-refractivity contribution in [3.8, 4) is 16.2 Å². The predicted octanol–water partition coefficient (Wildman–Crippen LogP) is 3.62. The molecule has 1 aliphatic heterocycles. The van der Waals surface area contributed by atoms with E-state index in [1.165, 1.54) is 11.3 Å². The summed E-state index contributed by atoms with van der Waals surface area (Å²) in [6.07, 6.45) is 6.23. The van der Waals surface area contributed by atoms with Gasteiger partial charge < -0.3 is 15.4 Å². The summed E-state index contributed by atoms with van der Waals surface area (Å²) in [7, 11) is 0.202. The fourth-order valence-electron chi connectivity index (χ4n) is 4.24. The van der Waals surface area contributed by atoms with E-state index >= 15 is 0 Å². The lowest BCUT2D eigenvalue weighted by Gasteiger charge is -2.23. The van der Waals surface area contributed by atoms with Crippen molar-refractivity contribution < 1.29 is 13.7 Å². The second kappa shape index (κ2) is 10.2. The summed E-state index contributed by atoms with van der Waals surface area (Å²) in [6.45, 7) is 3.75. The number of carbonyl (C=O) groups is 1. The first-order chi connectivity index (χ1) is 15.0. The molecule has 1 saturated carbocycles. The summed E-state index contributed by atoms with van der Waals surface area (Å²) >= 11 is 1.46. The molecular formula is C22H30N4O3S2. The third-order valence-corrected chi connectivity index (χ3v) is 8.34. The maximum Gasteiger partial charge on any atom is 0.229 e. The molecule has 2 heterocycles. The van der Waals surface area contributed by atoms with Crippen molar-refractivity contribution >= 4 is 33.4 Å². The maximum atomic E-state index is 13.1. The molecule has 1 amide bonds. The smallest absolute Gasteiger partial charge is 0.229 e. The van der Waals surface area contributed by atoms with Gasteiger partial charge in [0.1, 0.15) is 16.7 Å². The number of piperidine rings is 1. The number of nitrogens with zero attached hydrogens (tertiary/aromatic N) is 1. The first-order valence-electron chi connectivity index (χ1n) is 10.9. The van der Waals surface area contributed by atoms with Gasteiger partial charge >= 0.3 is 0 Å². The van der Waals surface area contributed by atoms with Crippen molar-refractivity contribution in [3.05, 3.63) is 23.9 Å². The fraction of sp³-hybridized carbons (Fsp3) is 0.545. The van der Waals surface area contributed by atoms with E-state index in [-0.39, 0.29) is 17.9 Å². The zero-order valence-corrected chi connectivity index (χ0v) is 19.7. The van der Waals surface area contributed by atoms with E-state index in [0.29, 0.717) is 15.8 Å². The molecule has 0 bridgehead atoms. The molecule has 2 fully saturated rings. The maximum absolute atomic E-state index is 13.1. The number of hydrogen-bond donors (Lipinski definition) is 3. The Kier molecular flexibility index (Phi) is 7.37. The van der Waals surface area contributed by atoms with Gasteiger partial charge in [-0.2, -0.15) is 0 Å². The minimum Gasteiger partial charge on any atom is -0.495 e. The summed E-state index contributed by atoms with van der Waals surface area (Å²) in [4.78, 5) is 18.6. The lowest BCUT2D eigenvalue weighted by atomic mass is 10.1. The van der Waals surface area contributed by atoms with Crippen LogP contribution >= 0.6 is 11.3 Å². The standard InChI is InChI=1S/C22H30N4O3S2/c1-14-20(30-22(24-14)25-21(27)15-6-3-4-7-15)16-9-10-18(29-2)19(12-16)31(28)26-17-8-5-11-23-13-17/h9-10,12,15,17,23,26H,3-8,11,13H2,1-2H3,(H,24,25,27). The van der Waals surface area contributed by atoms with Crippen LogP contribution in [0.3, 0.4) is 0 Å². The van der Waals surface area contributed by atoms with E-state index < -0.39 is 11.0 Å². The number of rotatable bonds is 7.